The van der Waals surface area contributed by atoms with Gasteiger partial charge in [-0.2, -0.15) is 0 Å². The molecule has 2 saturated heterocycles. The average Bonchev–Trinajstić information content (AvgIpc) is 3.10. The predicted octanol–water partition coefficient (Wildman–Crippen LogP) is 0.0407. The van der Waals surface area contributed by atoms with Crippen molar-refractivity contribution in [3.63, 3.8) is 0 Å². The number of carbonyl (C=O) groups is 1. The molecule has 0 unspecified atom stereocenters. The Hall–Kier alpha value is -1.70. The van der Waals surface area contributed by atoms with E-state index >= 15 is 0 Å². The van der Waals surface area contributed by atoms with E-state index in [1.807, 2.05) is 12.1 Å². The first-order chi connectivity index (χ1) is 11.3. The molecule has 2 atom stereocenters. The first kappa shape index (κ1) is 16.2. The van der Waals surface area contributed by atoms with Crippen molar-refractivity contribution in [2.75, 3.05) is 37.7 Å². The van der Waals surface area contributed by atoms with Gasteiger partial charge in [-0.15, -0.1) is 0 Å². The number of nitrogens with one attached hydrogen (secondary N) is 1. The fraction of sp³-hybridized carbons (Fsp3) is 0.625. The van der Waals surface area contributed by atoms with Gasteiger partial charge in [0.05, 0.1) is 19.3 Å². The fourth-order valence-corrected chi connectivity index (χ4v) is 2.91. The van der Waals surface area contributed by atoms with Crippen LogP contribution in [0.2, 0.25) is 0 Å². The standard InChI is InChI=1S/C16H24N4O3/c17-10-13-1-2-14(23-13)16(21)19-11-12-3-4-18-15(9-12)20-5-7-22-8-6-20/h3-4,9,13-14H,1-2,5-8,10-11,17H2,(H,19,21)/t13-,14+/m1/s1. The van der Waals surface area contributed by atoms with Crippen LogP contribution in [0.15, 0.2) is 18.3 Å². The number of carbonyl (C=O) groups excluding carboxylic acids is 1. The lowest BCUT2D eigenvalue weighted by atomic mass is 10.2. The van der Waals surface area contributed by atoms with Crippen molar-refractivity contribution in [3.05, 3.63) is 23.9 Å². The zero-order chi connectivity index (χ0) is 16.1. The quantitative estimate of drug-likeness (QED) is 0.796. The molecule has 1 aromatic rings. The Kier molecular flexibility index (Phi) is 5.43. The third-order valence-electron chi connectivity index (χ3n) is 4.27. The highest BCUT2D eigenvalue weighted by Gasteiger charge is 2.29. The summed E-state index contributed by atoms with van der Waals surface area (Å²) in [5, 5.41) is 2.94. The van der Waals surface area contributed by atoms with E-state index in [9.17, 15) is 4.79 Å². The SMILES string of the molecule is NC[C@H]1CC[C@@H](C(=O)NCc2ccnc(N3CCOCC3)c2)O1. The van der Waals surface area contributed by atoms with E-state index in [2.05, 4.69) is 15.2 Å². The molecule has 3 rings (SSSR count). The van der Waals surface area contributed by atoms with Crippen molar-refractivity contribution in [1.29, 1.82) is 0 Å². The van der Waals surface area contributed by atoms with Crippen LogP contribution in [0, 0.1) is 0 Å². The molecule has 23 heavy (non-hydrogen) atoms. The summed E-state index contributed by atoms with van der Waals surface area (Å²) in [5.41, 5.74) is 6.60. The van der Waals surface area contributed by atoms with Crippen molar-refractivity contribution in [3.8, 4) is 0 Å². The van der Waals surface area contributed by atoms with Crippen molar-refractivity contribution in [1.82, 2.24) is 10.3 Å². The molecule has 7 nitrogen and oxygen atoms in total. The van der Waals surface area contributed by atoms with Gasteiger partial charge in [-0.3, -0.25) is 4.79 Å². The molecule has 0 aromatic carbocycles. The number of hydrogen-bond acceptors (Lipinski definition) is 6. The molecule has 2 aliphatic rings. The normalized spacial score (nSPS) is 24.7. The van der Waals surface area contributed by atoms with Crippen molar-refractivity contribution < 1.29 is 14.3 Å². The predicted molar refractivity (Wildman–Crippen MR) is 86.1 cm³/mol. The Labute approximate surface area is 136 Å². The van der Waals surface area contributed by atoms with Gasteiger partial charge in [0.15, 0.2) is 0 Å². The number of nitrogens with two attached hydrogens (primary N) is 1. The number of nitrogens with zero attached hydrogens (tertiary/aromatic N) is 2. The van der Waals surface area contributed by atoms with E-state index in [4.69, 9.17) is 15.2 Å². The van der Waals surface area contributed by atoms with Crippen LogP contribution in [-0.2, 0) is 20.8 Å². The lowest BCUT2D eigenvalue weighted by molar-refractivity contribution is -0.132. The fourth-order valence-electron chi connectivity index (χ4n) is 2.91. The van der Waals surface area contributed by atoms with E-state index in [-0.39, 0.29) is 18.1 Å². The maximum Gasteiger partial charge on any atom is 0.249 e. The number of amides is 1. The second-order valence-electron chi connectivity index (χ2n) is 5.90. The average molecular weight is 320 g/mol. The molecule has 1 aromatic heterocycles. The van der Waals surface area contributed by atoms with Gasteiger partial charge in [0, 0.05) is 32.4 Å². The summed E-state index contributed by atoms with van der Waals surface area (Å²) in [6.07, 6.45) is 3.01. The lowest BCUT2D eigenvalue weighted by Crippen LogP contribution is -2.37. The monoisotopic (exact) mass is 320 g/mol. The third kappa shape index (κ3) is 4.19. The molecule has 2 fully saturated rings. The molecule has 0 aliphatic carbocycles. The zero-order valence-corrected chi connectivity index (χ0v) is 13.2. The summed E-state index contributed by atoms with van der Waals surface area (Å²) in [6, 6.07) is 3.94. The van der Waals surface area contributed by atoms with E-state index in [1.165, 1.54) is 0 Å². The topological polar surface area (TPSA) is 89.7 Å². The molecule has 3 N–H and O–H groups in total. The number of hydrogen-bond donors (Lipinski definition) is 2. The minimum Gasteiger partial charge on any atom is -0.378 e. The highest BCUT2D eigenvalue weighted by Crippen LogP contribution is 2.19. The maximum atomic E-state index is 12.1. The molecule has 126 valence electrons. The number of rotatable bonds is 5. The molecule has 1 amide bonds. The summed E-state index contributed by atoms with van der Waals surface area (Å²) in [5.74, 6) is 0.867. The first-order valence-electron chi connectivity index (χ1n) is 8.17. The highest BCUT2D eigenvalue weighted by molar-refractivity contribution is 5.81. The summed E-state index contributed by atoms with van der Waals surface area (Å²) < 4.78 is 11.0. The summed E-state index contributed by atoms with van der Waals surface area (Å²) in [7, 11) is 0. The molecule has 0 bridgehead atoms. The Morgan fingerprint density at radius 3 is 2.96 bits per heavy atom. The van der Waals surface area contributed by atoms with Crippen LogP contribution in [0.1, 0.15) is 18.4 Å². The molecule has 0 spiro atoms. The van der Waals surface area contributed by atoms with Gasteiger partial charge in [0.25, 0.3) is 0 Å². The summed E-state index contributed by atoms with van der Waals surface area (Å²) in [6.45, 7) is 4.09. The summed E-state index contributed by atoms with van der Waals surface area (Å²) in [4.78, 5) is 18.8. The van der Waals surface area contributed by atoms with Gasteiger partial charge in [-0.25, -0.2) is 4.98 Å². The Morgan fingerprint density at radius 1 is 1.39 bits per heavy atom. The largest absolute Gasteiger partial charge is 0.378 e. The third-order valence-corrected chi connectivity index (χ3v) is 4.27. The van der Waals surface area contributed by atoms with Gasteiger partial charge in [-0.05, 0) is 30.5 Å². The first-order valence-corrected chi connectivity index (χ1v) is 8.17. The molecular formula is C16H24N4O3. The minimum atomic E-state index is -0.371. The zero-order valence-electron chi connectivity index (χ0n) is 13.2. The smallest absolute Gasteiger partial charge is 0.249 e. The molecule has 3 heterocycles. The number of anilines is 1. The van der Waals surface area contributed by atoms with Crippen LogP contribution in [-0.4, -0.2) is 55.9 Å². The minimum absolute atomic E-state index is 0.0135. The number of pyridine rings is 1. The number of ether oxygens (including phenoxy) is 2. The summed E-state index contributed by atoms with van der Waals surface area (Å²) >= 11 is 0. The van der Waals surface area contributed by atoms with Gasteiger partial charge in [0.1, 0.15) is 11.9 Å². The number of aromatic nitrogens is 1. The Morgan fingerprint density at radius 2 is 2.22 bits per heavy atom. The molecule has 2 aliphatic heterocycles. The molecule has 0 saturated carbocycles. The van der Waals surface area contributed by atoms with E-state index < -0.39 is 0 Å². The van der Waals surface area contributed by atoms with E-state index in [0.29, 0.717) is 13.1 Å². The van der Waals surface area contributed by atoms with Crippen LogP contribution in [0.3, 0.4) is 0 Å². The number of morpholine rings is 1. The van der Waals surface area contributed by atoms with Gasteiger partial charge in [0.2, 0.25) is 5.91 Å². The van der Waals surface area contributed by atoms with Crippen LogP contribution in [0.5, 0.6) is 0 Å². The van der Waals surface area contributed by atoms with Gasteiger partial charge < -0.3 is 25.4 Å². The van der Waals surface area contributed by atoms with Crippen LogP contribution >= 0.6 is 0 Å². The van der Waals surface area contributed by atoms with Crippen LogP contribution in [0.25, 0.3) is 0 Å². The van der Waals surface area contributed by atoms with Crippen molar-refractivity contribution >= 4 is 11.7 Å². The molecule has 7 heteroatoms. The maximum absolute atomic E-state index is 12.1. The van der Waals surface area contributed by atoms with E-state index in [1.54, 1.807) is 6.20 Å². The van der Waals surface area contributed by atoms with Gasteiger partial charge >= 0.3 is 0 Å². The van der Waals surface area contributed by atoms with Crippen molar-refractivity contribution in [2.45, 2.75) is 31.6 Å². The van der Waals surface area contributed by atoms with Crippen LogP contribution < -0.4 is 16.0 Å². The molecule has 0 radical (unpaired) electrons. The van der Waals surface area contributed by atoms with E-state index in [0.717, 1.165) is 50.5 Å². The second-order valence-corrected chi connectivity index (χ2v) is 5.90. The lowest BCUT2D eigenvalue weighted by Gasteiger charge is -2.28. The highest BCUT2D eigenvalue weighted by atomic mass is 16.5. The van der Waals surface area contributed by atoms with Crippen LogP contribution in [0.4, 0.5) is 5.82 Å². The Balaban J connectivity index is 1.53. The second kappa shape index (κ2) is 7.72. The molecular weight excluding hydrogens is 296 g/mol. The van der Waals surface area contributed by atoms with Crippen molar-refractivity contribution in [2.24, 2.45) is 5.73 Å². The van der Waals surface area contributed by atoms with Gasteiger partial charge in [-0.1, -0.05) is 0 Å². The Bertz CT molecular complexity index is 534.